The van der Waals surface area contributed by atoms with Gasteiger partial charge < -0.3 is 10.0 Å². The predicted molar refractivity (Wildman–Crippen MR) is 63.4 cm³/mol. The number of carboxylic acid groups (broad SMARTS) is 1. The molecule has 2 aromatic rings. The molecule has 0 radical (unpaired) electrons. The Hall–Kier alpha value is -2.10. The van der Waals surface area contributed by atoms with Crippen LogP contribution in [0.25, 0.3) is 10.8 Å². The Balaban J connectivity index is 2.32. The van der Waals surface area contributed by atoms with E-state index in [1.54, 1.807) is 18.2 Å². The van der Waals surface area contributed by atoms with E-state index in [2.05, 4.69) is 0 Å². The molecule has 17 heavy (non-hydrogen) atoms. The summed E-state index contributed by atoms with van der Waals surface area (Å²) in [4.78, 5) is 11.9. The van der Waals surface area contributed by atoms with Crippen molar-refractivity contribution in [3.8, 4) is 0 Å². The first-order valence-electron chi connectivity index (χ1n) is 5.18. The molecule has 4 heteroatoms. The largest absolute Gasteiger partial charge is 0.465 e. The second-order valence-electron chi connectivity index (χ2n) is 3.96. The van der Waals surface area contributed by atoms with Crippen LogP contribution in [0, 0.1) is 5.82 Å². The fraction of sp³-hybridized carbons (Fsp3) is 0.154. The minimum atomic E-state index is -0.968. The Morgan fingerprint density at radius 3 is 2.59 bits per heavy atom. The van der Waals surface area contributed by atoms with Gasteiger partial charge in [-0.25, -0.2) is 9.18 Å². The molecule has 2 aromatic carbocycles. The number of amides is 1. The first-order valence-corrected chi connectivity index (χ1v) is 5.18. The molecule has 0 saturated carbocycles. The van der Waals surface area contributed by atoms with Gasteiger partial charge in [-0.15, -0.1) is 0 Å². The summed E-state index contributed by atoms with van der Waals surface area (Å²) in [5.41, 5.74) is 0.883. The lowest BCUT2D eigenvalue weighted by Gasteiger charge is -2.13. The third-order valence-corrected chi connectivity index (χ3v) is 2.61. The summed E-state index contributed by atoms with van der Waals surface area (Å²) < 4.78 is 13.0. The van der Waals surface area contributed by atoms with Gasteiger partial charge in [-0.3, -0.25) is 0 Å². The molecule has 0 aliphatic carbocycles. The Bertz CT molecular complexity index is 568. The number of benzene rings is 2. The summed E-state index contributed by atoms with van der Waals surface area (Å²) in [6.07, 6.45) is -0.968. The fourth-order valence-corrected chi connectivity index (χ4v) is 1.71. The third-order valence-electron chi connectivity index (χ3n) is 2.61. The highest BCUT2D eigenvalue weighted by molar-refractivity contribution is 5.83. The molecule has 1 N–H and O–H groups in total. The molecule has 0 fully saturated rings. The molecule has 2 rings (SSSR count). The number of hydrogen-bond donors (Lipinski definition) is 1. The van der Waals surface area contributed by atoms with E-state index in [1.165, 1.54) is 24.1 Å². The maximum atomic E-state index is 13.0. The minimum absolute atomic E-state index is 0.270. The first kappa shape index (κ1) is 11.4. The van der Waals surface area contributed by atoms with Crippen molar-refractivity contribution in [1.82, 2.24) is 4.90 Å². The van der Waals surface area contributed by atoms with Crippen molar-refractivity contribution >= 4 is 16.9 Å². The predicted octanol–water partition coefficient (Wildman–Crippen LogP) is 3.09. The molecule has 88 valence electrons. The number of carbonyl (C=O) groups is 1. The van der Waals surface area contributed by atoms with E-state index < -0.39 is 6.09 Å². The van der Waals surface area contributed by atoms with E-state index in [-0.39, 0.29) is 5.82 Å². The van der Waals surface area contributed by atoms with Crippen molar-refractivity contribution in [3.63, 3.8) is 0 Å². The smallest absolute Gasteiger partial charge is 0.407 e. The van der Waals surface area contributed by atoms with Crippen LogP contribution in [0.5, 0.6) is 0 Å². The second-order valence-corrected chi connectivity index (χ2v) is 3.96. The van der Waals surface area contributed by atoms with Gasteiger partial charge in [-0.1, -0.05) is 18.2 Å². The van der Waals surface area contributed by atoms with Gasteiger partial charge in [0.25, 0.3) is 0 Å². The number of rotatable bonds is 2. The molecule has 0 atom stereocenters. The lowest BCUT2D eigenvalue weighted by Crippen LogP contribution is -2.23. The third kappa shape index (κ3) is 2.53. The van der Waals surface area contributed by atoms with E-state index >= 15 is 0 Å². The van der Waals surface area contributed by atoms with Crippen LogP contribution < -0.4 is 0 Å². The highest BCUT2D eigenvalue weighted by atomic mass is 19.1. The van der Waals surface area contributed by atoms with Crippen molar-refractivity contribution in [3.05, 3.63) is 47.8 Å². The number of hydrogen-bond acceptors (Lipinski definition) is 1. The molecular formula is C13H12FNO2. The van der Waals surface area contributed by atoms with Crippen LogP contribution in [0.3, 0.4) is 0 Å². The molecule has 0 heterocycles. The van der Waals surface area contributed by atoms with Gasteiger partial charge in [-0.2, -0.15) is 0 Å². The van der Waals surface area contributed by atoms with Crippen molar-refractivity contribution in [2.75, 3.05) is 7.05 Å². The summed E-state index contributed by atoms with van der Waals surface area (Å²) >= 11 is 0. The standard InChI is InChI=1S/C13H12FNO2/c1-15(13(16)17)8-9-2-3-11-7-12(14)5-4-10(11)6-9/h2-7H,8H2,1H3,(H,16,17). The van der Waals surface area contributed by atoms with Gasteiger partial charge in [0.2, 0.25) is 0 Å². The van der Waals surface area contributed by atoms with Crippen LogP contribution in [0.15, 0.2) is 36.4 Å². The SMILES string of the molecule is CN(Cc1ccc2cc(F)ccc2c1)C(=O)O. The van der Waals surface area contributed by atoms with Gasteiger partial charge in [0.15, 0.2) is 0 Å². The number of fused-ring (bicyclic) bond motifs is 1. The van der Waals surface area contributed by atoms with Crippen molar-refractivity contribution in [2.24, 2.45) is 0 Å². The van der Waals surface area contributed by atoms with Crippen molar-refractivity contribution in [2.45, 2.75) is 6.54 Å². The van der Waals surface area contributed by atoms with E-state index in [0.29, 0.717) is 6.54 Å². The zero-order chi connectivity index (χ0) is 12.4. The molecule has 0 bridgehead atoms. The first-order chi connectivity index (χ1) is 8.06. The molecule has 0 saturated heterocycles. The minimum Gasteiger partial charge on any atom is -0.465 e. The normalized spacial score (nSPS) is 10.5. The lowest BCUT2D eigenvalue weighted by molar-refractivity contribution is 0.154. The van der Waals surface area contributed by atoms with Crippen LogP contribution in [0.1, 0.15) is 5.56 Å². The van der Waals surface area contributed by atoms with E-state index in [0.717, 1.165) is 16.3 Å². The van der Waals surface area contributed by atoms with Crippen LogP contribution in [-0.4, -0.2) is 23.1 Å². The highest BCUT2D eigenvalue weighted by Crippen LogP contribution is 2.18. The zero-order valence-electron chi connectivity index (χ0n) is 9.35. The lowest BCUT2D eigenvalue weighted by atomic mass is 10.1. The van der Waals surface area contributed by atoms with E-state index in [1.807, 2.05) is 6.07 Å². The Morgan fingerprint density at radius 2 is 1.88 bits per heavy atom. The van der Waals surface area contributed by atoms with E-state index in [4.69, 9.17) is 5.11 Å². The average Bonchev–Trinajstić information content (AvgIpc) is 2.29. The Labute approximate surface area is 98.1 Å². The molecule has 0 unspecified atom stereocenters. The molecule has 0 aliphatic rings. The maximum absolute atomic E-state index is 13.0. The molecule has 1 amide bonds. The van der Waals surface area contributed by atoms with E-state index in [9.17, 15) is 9.18 Å². The summed E-state index contributed by atoms with van der Waals surface area (Å²) in [5, 5.41) is 10.5. The van der Waals surface area contributed by atoms with Gasteiger partial charge in [0, 0.05) is 13.6 Å². The van der Waals surface area contributed by atoms with Crippen molar-refractivity contribution in [1.29, 1.82) is 0 Å². The van der Waals surface area contributed by atoms with Gasteiger partial charge in [0.1, 0.15) is 5.82 Å². The maximum Gasteiger partial charge on any atom is 0.407 e. The van der Waals surface area contributed by atoms with Gasteiger partial charge in [-0.05, 0) is 34.5 Å². The zero-order valence-corrected chi connectivity index (χ0v) is 9.35. The molecule has 0 aliphatic heterocycles. The quantitative estimate of drug-likeness (QED) is 0.865. The fourth-order valence-electron chi connectivity index (χ4n) is 1.71. The highest BCUT2D eigenvalue weighted by Gasteiger charge is 2.06. The topological polar surface area (TPSA) is 40.5 Å². The summed E-state index contributed by atoms with van der Waals surface area (Å²) in [7, 11) is 1.51. The molecule has 3 nitrogen and oxygen atoms in total. The molecule has 0 spiro atoms. The summed E-state index contributed by atoms with van der Waals surface area (Å²) in [6.45, 7) is 0.322. The van der Waals surface area contributed by atoms with Gasteiger partial charge >= 0.3 is 6.09 Å². The summed E-state index contributed by atoms with van der Waals surface area (Å²) in [6, 6.07) is 10.0. The van der Waals surface area contributed by atoms with Crippen LogP contribution in [0.4, 0.5) is 9.18 Å². The Morgan fingerprint density at radius 1 is 1.24 bits per heavy atom. The van der Waals surface area contributed by atoms with Crippen LogP contribution in [-0.2, 0) is 6.54 Å². The van der Waals surface area contributed by atoms with Crippen LogP contribution >= 0.6 is 0 Å². The van der Waals surface area contributed by atoms with Crippen LogP contribution in [0.2, 0.25) is 0 Å². The number of halogens is 1. The van der Waals surface area contributed by atoms with Crippen molar-refractivity contribution < 1.29 is 14.3 Å². The molecule has 0 aromatic heterocycles. The average molecular weight is 233 g/mol. The monoisotopic (exact) mass is 233 g/mol. The summed E-state index contributed by atoms with van der Waals surface area (Å²) in [5.74, 6) is -0.270. The second kappa shape index (κ2) is 4.41. The molecular weight excluding hydrogens is 221 g/mol. The Kier molecular flexibility index (Phi) is 2.95. The van der Waals surface area contributed by atoms with Gasteiger partial charge in [0.05, 0.1) is 0 Å². The number of nitrogens with zero attached hydrogens (tertiary/aromatic N) is 1.